The van der Waals surface area contributed by atoms with E-state index in [9.17, 15) is 8.42 Å². The smallest absolute Gasteiger partial charge is 0.252 e. The van der Waals surface area contributed by atoms with Crippen LogP contribution in [0.15, 0.2) is 40.1 Å². The Labute approximate surface area is 144 Å². The molecule has 3 aromatic rings. The van der Waals surface area contributed by atoms with E-state index in [1.165, 1.54) is 11.3 Å². The van der Waals surface area contributed by atoms with Gasteiger partial charge in [0.25, 0.3) is 10.0 Å². The second-order valence-electron chi connectivity index (χ2n) is 5.84. The first-order valence-electron chi connectivity index (χ1n) is 7.96. The van der Waals surface area contributed by atoms with Crippen molar-refractivity contribution in [1.82, 2.24) is 18.8 Å². The molecule has 1 saturated heterocycles. The predicted molar refractivity (Wildman–Crippen MR) is 93.6 cm³/mol. The molecule has 1 aliphatic rings. The highest BCUT2D eigenvalue weighted by Gasteiger charge is 2.35. The Morgan fingerprint density at radius 1 is 1.33 bits per heavy atom. The summed E-state index contributed by atoms with van der Waals surface area (Å²) in [5.74, 6) is 0.962. The third-order valence-corrected chi connectivity index (χ3v) is 7.66. The second kappa shape index (κ2) is 5.94. The van der Waals surface area contributed by atoms with Gasteiger partial charge in [0.2, 0.25) is 0 Å². The van der Waals surface area contributed by atoms with Gasteiger partial charge in [-0.2, -0.15) is 4.31 Å². The third-order valence-electron chi connectivity index (χ3n) is 4.42. The maximum atomic E-state index is 12.7. The average molecular weight is 362 g/mol. The van der Waals surface area contributed by atoms with Crippen molar-refractivity contribution in [2.45, 2.75) is 30.0 Å². The molecule has 0 spiro atoms. The molecule has 24 heavy (non-hydrogen) atoms. The molecule has 0 N–H and O–H groups in total. The van der Waals surface area contributed by atoms with E-state index in [1.54, 1.807) is 28.0 Å². The van der Waals surface area contributed by atoms with E-state index in [2.05, 4.69) is 21.5 Å². The van der Waals surface area contributed by atoms with E-state index >= 15 is 0 Å². The molecular formula is C16H18N4O2S2. The largest absolute Gasteiger partial charge is 0.308 e. The lowest BCUT2D eigenvalue weighted by Crippen LogP contribution is -2.29. The van der Waals surface area contributed by atoms with Gasteiger partial charge >= 0.3 is 0 Å². The molecule has 1 fully saturated rings. The van der Waals surface area contributed by atoms with Gasteiger partial charge in [0.15, 0.2) is 5.65 Å². The van der Waals surface area contributed by atoms with Crippen LogP contribution in [0.1, 0.15) is 25.2 Å². The zero-order valence-electron chi connectivity index (χ0n) is 13.3. The fraction of sp³-hybridized carbons (Fsp3) is 0.375. The van der Waals surface area contributed by atoms with Crippen molar-refractivity contribution in [3.05, 3.63) is 41.7 Å². The molecular weight excluding hydrogens is 344 g/mol. The van der Waals surface area contributed by atoms with E-state index in [0.717, 1.165) is 29.8 Å². The molecule has 0 aliphatic carbocycles. The summed E-state index contributed by atoms with van der Waals surface area (Å²) < 4.78 is 29.6. The second-order valence-corrected chi connectivity index (χ2v) is 8.95. The van der Waals surface area contributed by atoms with Crippen molar-refractivity contribution in [3.63, 3.8) is 0 Å². The van der Waals surface area contributed by atoms with Crippen molar-refractivity contribution in [1.29, 1.82) is 0 Å². The molecule has 0 radical (unpaired) electrons. The Hall–Kier alpha value is -1.77. The minimum Gasteiger partial charge on any atom is -0.308 e. The maximum Gasteiger partial charge on any atom is 0.252 e. The Kier molecular flexibility index (Phi) is 3.90. The molecule has 0 unspecified atom stereocenters. The lowest BCUT2D eigenvalue weighted by Gasteiger charge is -2.17. The highest BCUT2D eigenvalue weighted by Crippen LogP contribution is 2.32. The number of fused-ring (bicyclic) bond motifs is 1. The third kappa shape index (κ3) is 2.45. The summed E-state index contributed by atoms with van der Waals surface area (Å²) in [7, 11) is -3.39. The van der Waals surface area contributed by atoms with Crippen LogP contribution in [-0.2, 0) is 16.4 Å². The normalized spacial score (nSPS) is 19.3. The number of hydrogen-bond acceptors (Lipinski definition) is 5. The molecule has 3 aromatic heterocycles. The first kappa shape index (κ1) is 15.7. The van der Waals surface area contributed by atoms with Gasteiger partial charge in [-0.25, -0.2) is 18.4 Å². The van der Waals surface area contributed by atoms with Crippen LogP contribution in [0, 0.1) is 0 Å². The minimum atomic E-state index is -3.39. The molecule has 0 amide bonds. The predicted octanol–water partition coefficient (Wildman–Crippen LogP) is 2.69. The monoisotopic (exact) mass is 362 g/mol. The zero-order chi connectivity index (χ0) is 16.7. The van der Waals surface area contributed by atoms with Crippen molar-refractivity contribution >= 4 is 32.5 Å². The summed E-state index contributed by atoms with van der Waals surface area (Å²) in [6.45, 7) is 3.06. The standard InChI is InChI=1S/C16H18N4O2S2/c1-2-14-18-13-5-3-8-17-16(13)20(14)12-7-9-19(11-12)24(21,22)15-6-4-10-23-15/h3-6,8,10,12H,2,7,9,11H2,1H3/t12-/m0/s1. The first-order chi connectivity index (χ1) is 11.6. The highest BCUT2D eigenvalue weighted by molar-refractivity contribution is 7.91. The van der Waals surface area contributed by atoms with Crippen LogP contribution >= 0.6 is 11.3 Å². The number of aryl methyl sites for hydroxylation is 1. The molecule has 1 atom stereocenters. The number of thiophene rings is 1. The van der Waals surface area contributed by atoms with Gasteiger partial charge in [0.1, 0.15) is 15.6 Å². The van der Waals surface area contributed by atoms with Crippen LogP contribution in [0.2, 0.25) is 0 Å². The van der Waals surface area contributed by atoms with Crippen LogP contribution in [0.25, 0.3) is 11.2 Å². The molecule has 126 valence electrons. The Bertz CT molecular complexity index is 963. The summed E-state index contributed by atoms with van der Waals surface area (Å²) >= 11 is 1.26. The van der Waals surface area contributed by atoms with Gasteiger partial charge in [-0.1, -0.05) is 13.0 Å². The number of imidazole rings is 1. The van der Waals surface area contributed by atoms with Gasteiger partial charge in [0, 0.05) is 25.7 Å². The van der Waals surface area contributed by atoms with Crippen LogP contribution in [0.4, 0.5) is 0 Å². The summed E-state index contributed by atoms with van der Waals surface area (Å²) in [6, 6.07) is 7.34. The van der Waals surface area contributed by atoms with Crippen molar-refractivity contribution < 1.29 is 8.42 Å². The lowest BCUT2D eigenvalue weighted by molar-refractivity contribution is 0.451. The number of hydrogen-bond donors (Lipinski definition) is 0. The van der Waals surface area contributed by atoms with Crippen LogP contribution in [-0.4, -0.2) is 40.3 Å². The van der Waals surface area contributed by atoms with E-state index in [1.807, 2.05) is 12.1 Å². The molecule has 0 saturated carbocycles. The molecule has 4 rings (SSSR count). The summed E-state index contributed by atoms with van der Waals surface area (Å²) in [4.78, 5) is 9.11. The maximum absolute atomic E-state index is 12.7. The number of aromatic nitrogens is 3. The average Bonchev–Trinajstić information content (AvgIpc) is 3.31. The van der Waals surface area contributed by atoms with E-state index in [-0.39, 0.29) is 6.04 Å². The van der Waals surface area contributed by atoms with Crippen LogP contribution in [0.3, 0.4) is 0 Å². The fourth-order valence-corrected chi connectivity index (χ4v) is 5.92. The zero-order valence-corrected chi connectivity index (χ0v) is 14.9. The van der Waals surface area contributed by atoms with E-state index in [4.69, 9.17) is 0 Å². The quantitative estimate of drug-likeness (QED) is 0.716. The molecule has 4 heterocycles. The van der Waals surface area contributed by atoms with Crippen LogP contribution in [0.5, 0.6) is 0 Å². The Balaban J connectivity index is 1.69. The van der Waals surface area contributed by atoms with E-state index < -0.39 is 10.0 Å². The minimum absolute atomic E-state index is 0.0783. The molecule has 0 aromatic carbocycles. The first-order valence-corrected chi connectivity index (χ1v) is 10.3. The summed E-state index contributed by atoms with van der Waals surface area (Å²) in [5.41, 5.74) is 1.71. The van der Waals surface area contributed by atoms with Gasteiger partial charge < -0.3 is 4.57 Å². The van der Waals surface area contributed by atoms with Gasteiger partial charge in [-0.05, 0) is 30.0 Å². The van der Waals surface area contributed by atoms with Gasteiger partial charge in [-0.15, -0.1) is 11.3 Å². The van der Waals surface area contributed by atoms with Crippen molar-refractivity contribution in [2.24, 2.45) is 0 Å². The number of nitrogens with zero attached hydrogens (tertiary/aromatic N) is 4. The molecule has 1 aliphatic heterocycles. The molecule has 6 nitrogen and oxygen atoms in total. The number of sulfonamides is 1. The molecule has 8 heteroatoms. The SMILES string of the molecule is CCc1nc2cccnc2n1[C@H]1CCN(S(=O)(=O)c2cccs2)C1. The van der Waals surface area contributed by atoms with Gasteiger partial charge in [-0.3, -0.25) is 0 Å². The topological polar surface area (TPSA) is 68.1 Å². The summed E-state index contributed by atoms with van der Waals surface area (Å²) in [5, 5.41) is 1.79. The summed E-state index contributed by atoms with van der Waals surface area (Å²) in [6.07, 6.45) is 3.33. The Morgan fingerprint density at radius 3 is 2.96 bits per heavy atom. The Morgan fingerprint density at radius 2 is 2.21 bits per heavy atom. The van der Waals surface area contributed by atoms with Crippen molar-refractivity contribution in [2.75, 3.05) is 13.1 Å². The fourth-order valence-electron chi connectivity index (χ4n) is 3.29. The molecule has 0 bridgehead atoms. The number of rotatable bonds is 4. The highest BCUT2D eigenvalue weighted by atomic mass is 32.2. The van der Waals surface area contributed by atoms with Crippen LogP contribution < -0.4 is 0 Å². The van der Waals surface area contributed by atoms with E-state index in [0.29, 0.717) is 17.3 Å². The van der Waals surface area contributed by atoms with Crippen molar-refractivity contribution in [3.8, 4) is 0 Å². The lowest BCUT2D eigenvalue weighted by atomic mass is 10.2. The number of pyridine rings is 1. The van der Waals surface area contributed by atoms with Gasteiger partial charge in [0.05, 0.1) is 6.04 Å².